The quantitative estimate of drug-likeness (QED) is 0.808. The highest BCUT2D eigenvalue weighted by atomic mass is 19.1. The van der Waals surface area contributed by atoms with Gasteiger partial charge in [0.25, 0.3) is 0 Å². The number of benzene rings is 1. The Labute approximate surface area is 99.5 Å². The van der Waals surface area contributed by atoms with Gasteiger partial charge in [0, 0.05) is 12.7 Å². The van der Waals surface area contributed by atoms with Gasteiger partial charge in [-0.3, -0.25) is 0 Å². The highest BCUT2D eigenvalue weighted by Crippen LogP contribution is 2.15. The lowest BCUT2D eigenvalue weighted by Crippen LogP contribution is -2.23. The number of ether oxygens (including phenoxy) is 2. The maximum Gasteiger partial charge on any atom is 0.157 e. The van der Waals surface area contributed by atoms with E-state index in [-0.39, 0.29) is 6.29 Å². The van der Waals surface area contributed by atoms with E-state index in [0.717, 1.165) is 31.9 Å². The van der Waals surface area contributed by atoms with Gasteiger partial charge in [0.05, 0.1) is 6.61 Å². The van der Waals surface area contributed by atoms with Crippen molar-refractivity contribution in [2.75, 3.05) is 13.2 Å². The Hall–Kier alpha value is -1.00. The maximum absolute atomic E-state index is 13.3. The van der Waals surface area contributed by atoms with Crippen LogP contribution in [0.15, 0.2) is 18.2 Å². The van der Waals surface area contributed by atoms with Gasteiger partial charge in [0.15, 0.2) is 6.29 Å². The average Bonchev–Trinajstić information content (AvgIpc) is 2.33. The van der Waals surface area contributed by atoms with Crippen LogP contribution in [0.1, 0.15) is 24.8 Å². The molecule has 94 valence electrons. The van der Waals surface area contributed by atoms with Gasteiger partial charge in [-0.25, -0.2) is 8.78 Å². The fourth-order valence-electron chi connectivity index (χ4n) is 1.87. The van der Waals surface area contributed by atoms with Gasteiger partial charge in [0.1, 0.15) is 11.6 Å². The molecule has 17 heavy (non-hydrogen) atoms. The highest BCUT2D eigenvalue weighted by Gasteiger charge is 2.14. The Morgan fingerprint density at radius 1 is 1.29 bits per heavy atom. The summed E-state index contributed by atoms with van der Waals surface area (Å²) in [6.07, 6.45) is 3.35. The normalized spacial score (nSPS) is 20.5. The van der Waals surface area contributed by atoms with E-state index >= 15 is 0 Å². The topological polar surface area (TPSA) is 18.5 Å². The smallest absolute Gasteiger partial charge is 0.157 e. The molecule has 0 aliphatic carbocycles. The molecule has 1 aromatic rings. The van der Waals surface area contributed by atoms with E-state index in [0.29, 0.717) is 18.6 Å². The third-order valence-corrected chi connectivity index (χ3v) is 2.83. The van der Waals surface area contributed by atoms with E-state index in [4.69, 9.17) is 9.47 Å². The summed E-state index contributed by atoms with van der Waals surface area (Å²) < 4.78 is 36.8. The van der Waals surface area contributed by atoms with Gasteiger partial charge in [-0.2, -0.15) is 0 Å². The van der Waals surface area contributed by atoms with Crippen molar-refractivity contribution in [3.8, 4) is 0 Å². The second kappa shape index (κ2) is 6.07. The van der Waals surface area contributed by atoms with Crippen molar-refractivity contribution < 1.29 is 18.3 Å². The Balaban J connectivity index is 1.77. The molecular weight excluding hydrogens is 226 g/mol. The summed E-state index contributed by atoms with van der Waals surface area (Å²) in [5, 5.41) is 0. The number of hydrogen-bond donors (Lipinski definition) is 0. The van der Waals surface area contributed by atoms with Crippen LogP contribution >= 0.6 is 0 Å². The molecular formula is C13H16F2O2. The first-order chi connectivity index (χ1) is 8.25. The number of hydrogen-bond acceptors (Lipinski definition) is 2. The van der Waals surface area contributed by atoms with E-state index in [2.05, 4.69) is 0 Å². The lowest BCUT2D eigenvalue weighted by atomic mass is 10.1. The zero-order valence-corrected chi connectivity index (χ0v) is 9.62. The van der Waals surface area contributed by atoms with Crippen molar-refractivity contribution >= 4 is 0 Å². The van der Waals surface area contributed by atoms with Crippen LogP contribution in [0, 0.1) is 11.6 Å². The van der Waals surface area contributed by atoms with E-state index in [9.17, 15) is 8.78 Å². The highest BCUT2D eigenvalue weighted by molar-refractivity contribution is 5.18. The van der Waals surface area contributed by atoms with Crippen LogP contribution in [-0.2, 0) is 15.9 Å². The molecule has 2 nitrogen and oxygen atoms in total. The third-order valence-electron chi connectivity index (χ3n) is 2.83. The summed E-state index contributed by atoms with van der Waals surface area (Å²) in [5.41, 5.74) is 0.474. The van der Waals surface area contributed by atoms with Crippen molar-refractivity contribution in [1.82, 2.24) is 0 Å². The van der Waals surface area contributed by atoms with Crippen molar-refractivity contribution in [2.45, 2.75) is 32.0 Å². The molecule has 1 aliphatic heterocycles. The van der Waals surface area contributed by atoms with Gasteiger partial charge in [-0.05, 0) is 37.3 Å². The van der Waals surface area contributed by atoms with Crippen LogP contribution in [-0.4, -0.2) is 19.5 Å². The first-order valence-electron chi connectivity index (χ1n) is 5.93. The first-order valence-corrected chi connectivity index (χ1v) is 5.93. The molecule has 0 spiro atoms. The summed E-state index contributed by atoms with van der Waals surface area (Å²) >= 11 is 0. The third kappa shape index (κ3) is 3.75. The van der Waals surface area contributed by atoms with Crippen LogP contribution in [0.5, 0.6) is 0 Å². The number of halogens is 2. The Bertz CT molecular complexity index is 362. The summed E-state index contributed by atoms with van der Waals surface area (Å²) in [6, 6.07) is 3.61. The van der Waals surface area contributed by atoms with Crippen molar-refractivity contribution in [2.24, 2.45) is 0 Å². The summed E-state index contributed by atoms with van der Waals surface area (Å²) in [6.45, 7) is 1.13. The van der Waals surface area contributed by atoms with Crippen molar-refractivity contribution in [3.63, 3.8) is 0 Å². The standard InChI is InChI=1S/C13H16F2O2/c14-11-5-4-10(12(15)9-11)6-8-17-13-3-1-2-7-16-13/h4-5,9,13H,1-3,6-8H2. The van der Waals surface area contributed by atoms with Gasteiger partial charge < -0.3 is 9.47 Å². The molecule has 0 radical (unpaired) electrons. The molecule has 0 bridgehead atoms. The minimum Gasteiger partial charge on any atom is -0.353 e. The van der Waals surface area contributed by atoms with Crippen LogP contribution in [0.2, 0.25) is 0 Å². The fourth-order valence-corrected chi connectivity index (χ4v) is 1.87. The second-order valence-electron chi connectivity index (χ2n) is 4.15. The van der Waals surface area contributed by atoms with Crippen LogP contribution in [0.3, 0.4) is 0 Å². The lowest BCUT2D eigenvalue weighted by Gasteiger charge is -2.22. The van der Waals surface area contributed by atoms with Crippen molar-refractivity contribution in [3.05, 3.63) is 35.4 Å². The molecule has 1 aliphatic rings. The van der Waals surface area contributed by atoms with Crippen LogP contribution in [0.4, 0.5) is 8.78 Å². The molecule has 2 rings (SSSR count). The summed E-state index contributed by atoms with van der Waals surface area (Å²) in [7, 11) is 0. The van der Waals surface area contributed by atoms with Gasteiger partial charge in [-0.15, -0.1) is 0 Å². The molecule has 4 heteroatoms. The predicted octanol–water partition coefficient (Wildman–Crippen LogP) is 3.05. The van der Waals surface area contributed by atoms with E-state index < -0.39 is 11.6 Å². The largest absolute Gasteiger partial charge is 0.353 e. The minimum atomic E-state index is -0.553. The second-order valence-corrected chi connectivity index (χ2v) is 4.15. The Morgan fingerprint density at radius 3 is 2.88 bits per heavy atom. The monoisotopic (exact) mass is 242 g/mol. The van der Waals surface area contributed by atoms with Gasteiger partial charge in [0.2, 0.25) is 0 Å². The first kappa shape index (κ1) is 12.5. The minimum absolute atomic E-state index is 0.160. The average molecular weight is 242 g/mol. The maximum atomic E-state index is 13.3. The molecule has 1 unspecified atom stereocenters. The fraction of sp³-hybridized carbons (Fsp3) is 0.538. The van der Waals surface area contributed by atoms with E-state index in [1.807, 2.05) is 0 Å². The molecule has 0 saturated carbocycles. The molecule has 1 aromatic carbocycles. The molecule has 1 atom stereocenters. The molecule has 1 heterocycles. The Kier molecular flexibility index (Phi) is 4.45. The SMILES string of the molecule is Fc1ccc(CCOC2CCCCO2)c(F)c1. The lowest BCUT2D eigenvalue weighted by molar-refractivity contribution is -0.161. The predicted molar refractivity (Wildman–Crippen MR) is 59.6 cm³/mol. The molecule has 0 amide bonds. The van der Waals surface area contributed by atoms with Gasteiger partial charge >= 0.3 is 0 Å². The molecule has 1 saturated heterocycles. The molecule has 1 fully saturated rings. The van der Waals surface area contributed by atoms with Crippen LogP contribution < -0.4 is 0 Å². The van der Waals surface area contributed by atoms with Crippen molar-refractivity contribution in [1.29, 1.82) is 0 Å². The summed E-state index contributed by atoms with van der Waals surface area (Å²) in [4.78, 5) is 0. The number of rotatable bonds is 4. The van der Waals surface area contributed by atoms with Crippen LogP contribution in [0.25, 0.3) is 0 Å². The van der Waals surface area contributed by atoms with E-state index in [1.165, 1.54) is 12.1 Å². The zero-order chi connectivity index (χ0) is 12.1. The molecule has 0 N–H and O–H groups in total. The van der Waals surface area contributed by atoms with E-state index in [1.54, 1.807) is 0 Å². The van der Waals surface area contributed by atoms with Gasteiger partial charge in [-0.1, -0.05) is 6.07 Å². The Morgan fingerprint density at radius 2 is 2.18 bits per heavy atom. The summed E-state index contributed by atoms with van der Waals surface area (Å²) in [5.74, 6) is -1.07. The molecule has 0 aromatic heterocycles. The zero-order valence-electron chi connectivity index (χ0n) is 9.62.